The van der Waals surface area contributed by atoms with Crippen molar-refractivity contribution >= 4 is 11.9 Å². The highest BCUT2D eigenvalue weighted by Crippen LogP contribution is 2.49. The van der Waals surface area contributed by atoms with Gasteiger partial charge in [-0.1, -0.05) is 13.0 Å². The minimum atomic E-state index is -0.351. The summed E-state index contributed by atoms with van der Waals surface area (Å²) in [6.07, 6.45) is 10.7. The van der Waals surface area contributed by atoms with Crippen molar-refractivity contribution in [1.82, 2.24) is 14.9 Å². The van der Waals surface area contributed by atoms with Crippen LogP contribution in [0.25, 0.3) is 0 Å². The summed E-state index contributed by atoms with van der Waals surface area (Å²) in [5.41, 5.74) is 1.63. The van der Waals surface area contributed by atoms with Crippen molar-refractivity contribution in [3.63, 3.8) is 0 Å². The van der Waals surface area contributed by atoms with Gasteiger partial charge < -0.3 is 14.5 Å². The van der Waals surface area contributed by atoms with Crippen LogP contribution in [0, 0.1) is 23.6 Å². The third-order valence-corrected chi connectivity index (χ3v) is 7.84. The highest BCUT2D eigenvalue weighted by Gasteiger charge is 2.43. The van der Waals surface area contributed by atoms with E-state index in [1.54, 1.807) is 17.0 Å². The normalized spacial score (nSPS) is 22.4. The second kappa shape index (κ2) is 10.3. The van der Waals surface area contributed by atoms with Crippen molar-refractivity contribution in [3.8, 4) is 5.75 Å². The smallest absolute Gasteiger partial charge is 0.227 e. The number of carbonyl (C=O) groups excluding carboxylic acids is 1. The first-order chi connectivity index (χ1) is 16.6. The monoisotopic (exact) mass is 466 g/mol. The molecule has 3 aliphatic rings. The van der Waals surface area contributed by atoms with Crippen LogP contribution in [0.1, 0.15) is 50.2 Å². The maximum absolute atomic E-state index is 14.4. The Balaban J connectivity index is 1.02. The average molecular weight is 467 g/mol. The molecular weight excluding hydrogens is 431 g/mol. The first-order valence-corrected chi connectivity index (χ1v) is 12.9. The number of nitrogens with zero attached hydrogens (tertiary/aromatic N) is 4. The summed E-state index contributed by atoms with van der Waals surface area (Å²) in [6.45, 7) is 6.38. The molecule has 2 aromatic rings. The summed E-state index contributed by atoms with van der Waals surface area (Å²) in [6, 6.07) is 4.90. The second-order valence-corrected chi connectivity index (χ2v) is 10.0. The van der Waals surface area contributed by atoms with Crippen molar-refractivity contribution in [3.05, 3.63) is 47.5 Å². The van der Waals surface area contributed by atoms with Gasteiger partial charge in [0.15, 0.2) is 0 Å². The summed E-state index contributed by atoms with van der Waals surface area (Å²) < 4.78 is 20.3. The zero-order valence-electron chi connectivity index (χ0n) is 20.1. The second-order valence-electron chi connectivity index (χ2n) is 10.0. The number of amides is 1. The highest BCUT2D eigenvalue weighted by atomic mass is 19.1. The molecule has 0 radical (unpaired) electrons. The number of aromatic nitrogens is 2. The van der Waals surface area contributed by atoms with Crippen LogP contribution in [-0.4, -0.2) is 53.6 Å². The fourth-order valence-corrected chi connectivity index (χ4v) is 5.33. The number of carbonyl (C=O) groups is 1. The summed E-state index contributed by atoms with van der Waals surface area (Å²) in [4.78, 5) is 25.2. The number of halogens is 1. The van der Waals surface area contributed by atoms with Crippen molar-refractivity contribution in [2.24, 2.45) is 17.8 Å². The lowest BCUT2D eigenvalue weighted by Gasteiger charge is -2.32. The van der Waals surface area contributed by atoms with Crippen LogP contribution in [0.15, 0.2) is 30.6 Å². The van der Waals surface area contributed by atoms with Gasteiger partial charge in [0, 0.05) is 44.6 Å². The van der Waals surface area contributed by atoms with E-state index < -0.39 is 0 Å². The first-order valence-electron chi connectivity index (χ1n) is 12.9. The van der Waals surface area contributed by atoms with E-state index in [1.165, 1.54) is 30.9 Å². The van der Waals surface area contributed by atoms with Crippen molar-refractivity contribution in [2.45, 2.75) is 51.9 Å². The predicted octanol–water partition coefficient (Wildman–Crippen LogP) is 4.27. The molecule has 2 atom stereocenters. The Bertz CT molecular complexity index is 987. The number of piperidine rings is 1. The molecule has 182 valence electrons. The number of benzene rings is 1. The molecule has 0 unspecified atom stereocenters. The Morgan fingerprint density at radius 1 is 1.15 bits per heavy atom. The van der Waals surface area contributed by atoms with E-state index in [0.717, 1.165) is 69.1 Å². The molecule has 2 saturated heterocycles. The Kier molecular flexibility index (Phi) is 6.97. The average Bonchev–Trinajstić information content (AvgIpc) is 3.59. The molecule has 7 heteroatoms. The zero-order chi connectivity index (χ0) is 23.5. The number of likely N-dealkylation sites (tertiary alicyclic amines) is 1. The van der Waals surface area contributed by atoms with E-state index in [2.05, 4.69) is 21.8 Å². The number of rotatable bonds is 9. The van der Waals surface area contributed by atoms with Crippen LogP contribution in [-0.2, 0) is 17.6 Å². The lowest BCUT2D eigenvalue weighted by atomic mass is 9.90. The van der Waals surface area contributed by atoms with Gasteiger partial charge in [0.25, 0.3) is 0 Å². The number of ether oxygens (including phenoxy) is 1. The zero-order valence-corrected chi connectivity index (χ0v) is 20.1. The Morgan fingerprint density at radius 2 is 1.91 bits per heavy atom. The van der Waals surface area contributed by atoms with Gasteiger partial charge in [-0.15, -0.1) is 0 Å². The van der Waals surface area contributed by atoms with E-state index >= 15 is 0 Å². The van der Waals surface area contributed by atoms with Gasteiger partial charge in [-0.05, 0) is 73.5 Å². The third kappa shape index (κ3) is 5.34. The minimum Gasteiger partial charge on any atom is -0.493 e. The molecule has 0 spiro atoms. The molecule has 1 amide bonds. The molecular formula is C27H35FN4O2. The van der Waals surface area contributed by atoms with E-state index in [9.17, 15) is 9.18 Å². The van der Waals surface area contributed by atoms with Crippen LogP contribution in [0.3, 0.4) is 0 Å². The van der Waals surface area contributed by atoms with E-state index in [4.69, 9.17) is 4.74 Å². The molecule has 5 rings (SSSR count). The lowest BCUT2D eigenvalue weighted by molar-refractivity contribution is -0.133. The van der Waals surface area contributed by atoms with Crippen LogP contribution >= 0.6 is 0 Å². The molecule has 1 aromatic carbocycles. The Hall–Kier alpha value is -2.70. The topological polar surface area (TPSA) is 58.6 Å². The standard InChI is InChI=1S/C27H35FN4O2/c1-2-19-17-29-27(30-18-19)32-11-6-20(7-12-32)24-14-21(24)8-13-34-23-5-4-22(25(28)16-23)15-26(33)31-9-3-10-31/h4-5,16-18,20-21,24H,2-3,6-15H2,1H3/t21-,24-/m0/s1. The van der Waals surface area contributed by atoms with E-state index in [1.807, 2.05) is 12.4 Å². The maximum atomic E-state index is 14.4. The molecule has 3 fully saturated rings. The summed E-state index contributed by atoms with van der Waals surface area (Å²) in [7, 11) is 0. The number of hydrogen-bond donors (Lipinski definition) is 0. The quantitative estimate of drug-likeness (QED) is 0.552. The lowest BCUT2D eigenvalue weighted by Crippen LogP contribution is -2.42. The minimum absolute atomic E-state index is 0.00588. The molecule has 1 aliphatic carbocycles. The maximum Gasteiger partial charge on any atom is 0.227 e. The highest BCUT2D eigenvalue weighted by molar-refractivity contribution is 5.79. The molecule has 0 N–H and O–H groups in total. The fourth-order valence-electron chi connectivity index (χ4n) is 5.33. The van der Waals surface area contributed by atoms with Crippen molar-refractivity contribution in [2.75, 3.05) is 37.7 Å². The summed E-state index contributed by atoms with van der Waals surface area (Å²) in [5, 5.41) is 0. The Morgan fingerprint density at radius 3 is 2.56 bits per heavy atom. The van der Waals surface area contributed by atoms with E-state index in [-0.39, 0.29) is 18.1 Å². The van der Waals surface area contributed by atoms with Crippen LogP contribution in [0.4, 0.5) is 10.3 Å². The van der Waals surface area contributed by atoms with Crippen molar-refractivity contribution in [1.29, 1.82) is 0 Å². The number of aryl methyl sites for hydroxylation is 1. The molecule has 1 saturated carbocycles. The largest absolute Gasteiger partial charge is 0.493 e. The number of hydrogen-bond acceptors (Lipinski definition) is 5. The van der Waals surface area contributed by atoms with Crippen LogP contribution in [0.5, 0.6) is 5.75 Å². The molecule has 1 aromatic heterocycles. The van der Waals surface area contributed by atoms with Gasteiger partial charge in [-0.25, -0.2) is 14.4 Å². The summed E-state index contributed by atoms with van der Waals surface area (Å²) in [5.74, 6) is 3.35. The van der Waals surface area contributed by atoms with Gasteiger partial charge in [0.2, 0.25) is 11.9 Å². The Labute approximate surface area is 201 Å². The van der Waals surface area contributed by atoms with E-state index in [0.29, 0.717) is 17.9 Å². The van der Waals surface area contributed by atoms with Crippen LogP contribution in [0.2, 0.25) is 0 Å². The molecule has 3 heterocycles. The van der Waals surface area contributed by atoms with Gasteiger partial charge in [-0.3, -0.25) is 4.79 Å². The van der Waals surface area contributed by atoms with Gasteiger partial charge in [0.1, 0.15) is 11.6 Å². The van der Waals surface area contributed by atoms with Gasteiger partial charge in [0.05, 0.1) is 13.0 Å². The van der Waals surface area contributed by atoms with Gasteiger partial charge in [-0.2, -0.15) is 0 Å². The predicted molar refractivity (Wildman–Crippen MR) is 129 cm³/mol. The molecule has 0 bridgehead atoms. The molecule has 6 nitrogen and oxygen atoms in total. The molecule has 34 heavy (non-hydrogen) atoms. The van der Waals surface area contributed by atoms with Gasteiger partial charge >= 0.3 is 0 Å². The SMILES string of the molecule is CCc1cnc(N2CCC([C@@H]3C[C@@H]3CCOc3ccc(CC(=O)N4CCC4)c(F)c3)CC2)nc1. The summed E-state index contributed by atoms with van der Waals surface area (Å²) >= 11 is 0. The fraction of sp³-hybridized carbons (Fsp3) is 0.593. The van der Waals surface area contributed by atoms with Crippen LogP contribution < -0.4 is 9.64 Å². The number of anilines is 1. The third-order valence-electron chi connectivity index (χ3n) is 7.84. The first kappa shape index (κ1) is 23.1. The van der Waals surface area contributed by atoms with Crippen molar-refractivity contribution < 1.29 is 13.9 Å². The molecule has 2 aliphatic heterocycles.